The maximum absolute atomic E-state index is 10.6. The lowest BCUT2D eigenvalue weighted by molar-refractivity contribution is -0.136. The van der Waals surface area contributed by atoms with E-state index in [0.29, 0.717) is 6.42 Å². The van der Waals surface area contributed by atoms with Gasteiger partial charge in [0.2, 0.25) is 0 Å². The summed E-state index contributed by atoms with van der Waals surface area (Å²) >= 11 is -2.50. The Morgan fingerprint density at radius 3 is 1.89 bits per heavy atom. The molecule has 0 bridgehead atoms. The molecule has 0 aromatic heterocycles. The van der Waals surface area contributed by atoms with Gasteiger partial charge in [0.05, 0.1) is 0 Å². The first-order valence-electron chi connectivity index (χ1n) is 6.90. The molecule has 0 rings (SSSR count). The van der Waals surface area contributed by atoms with Crippen molar-refractivity contribution in [1.82, 2.24) is 0 Å². The fourth-order valence-electron chi connectivity index (χ4n) is 1.94. The topological polar surface area (TPSA) is 77.4 Å². The second-order valence-corrected chi connectivity index (χ2v) is 5.79. The lowest BCUT2D eigenvalue weighted by Gasteiger charge is -2.14. The van der Waals surface area contributed by atoms with Crippen LogP contribution in [0.15, 0.2) is 0 Å². The van der Waals surface area contributed by atoms with E-state index in [1.807, 2.05) is 0 Å². The SMILES string of the molecule is CCCCCCCCCCCC(C(=O)O)S(=O)[O-]. The summed E-state index contributed by atoms with van der Waals surface area (Å²) in [5, 5.41) is 7.45. The van der Waals surface area contributed by atoms with Crippen LogP contribution in [0.2, 0.25) is 0 Å². The second-order valence-electron chi connectivity index (χ2n) is 4.70. The van der Waals surface area contributed by atoms with Crippen molar-refractivity contribution in [2.24, 2.45) is 0 Å². The molecule has 0 aliphatic rings. The number of rotatable bonds is 12. The van der Waals surface area contributed by atoms with Crippen LogP contribution in [-0.4, -0.2) is 25.1 Å². The van der Waals surface area contributed by atoms with Crippen LogP contribution in [0.1, 0.15) is 71.1 Å². The number of hydrogen-bond acceptors (Lipinski definition) is 3. The van der Waals surface area contributed by atoms with Gasteiger partial charge in [-0.05, 0) is 17.5 Å². The molecule has 18 heavy (non-hydrogen) atoms. The normalized spacial score (nSPS) is 14.3. The van der Waals surface area contributed by atoms with Crippen LogP contribution in [0.25, 0.3) is 0 Å². The van der Waals surface area contributed by atoms with Crippen LogP contribution in [0.3, 0.4) is 0 Å². The van der Waals surface area contributed by atoms with Crippen molar-refractivity contribution in [2.75, 3.05) is 0 Å². The predicted molar refractivity (Wildman–Crippen MR) is 72.2 cm³/mol. The van der Waals surface area contributed by atoms with Crippen LogP contribution < -0.4 is 0 Å². The molecule has 0 radical (unpaired) electrons. The number of aliphatic carboxylic acids is 1. The molecule has 4 nitrogen and oxygen atoms in total. The first-order chi connectivity index (χ1) is 8.59. The molecule has 1 N–H and O–H groups in total. The van der Waals surface area contributed by atoms with Gasteiger partial charge in [-0.3, -0.25) is 9.00 Å². The Hall–Kier alpha value is -0.420. The summed E-state index contributed by atoms with van der Waals surface area (Å²) < 4.78 is 21.3. The molecule has 0 aromatic carbocycles. The van der Waals surface area contributed by atoms with E-state index in [9.17, 15) is 13.6 Å². The Balaban J connectivity index is 3.39. The number of carboxylic acid groups (broad SMARTS) is 1. The third-order valence-electron chi connectivity index (χ3n) is 3.08. The molecule has 0 saturated heterocycles. The van der Waals surface area contributed by atoms with E-state index in [1.54, 1.807) is 0 Å². The number of carbonyl (C=O) groups is 1. The average molecular weight is 277 g/mol. The summed E-state index contributed by atoms with van der Waals surface area (Å²) in [4.78, 5) is 10.6. The minimum atomic E-state index is -2.50. The standard InChI is InChI=1S/C13H26O4S/c1-2-3-4-5-6-7-8-9-10-11-12(13(14)15)18(16)17/h12H,2-11H2,1H3,(H,14,15)(H,16,17)/p-1. The van der Waals surface area contributed by atoms with E-state index in [1.165, 1.54) is 38.5 Å². The Morgan fingerprint density at radius 2 is 1.50 bits per heavy atom. The number of carboxylic acids is 1. The lowest BCUT2D eigenvalue weighted by atomic mass is 10.1. The molecule has 5 heteroatoms. The van der Waals surface area contributed by atoms with Gasteiger partial charge in [-0.1, -0.05) is 64.7 Å². The Morgan fingerprint density at radius 1 is 1.06 bits per heavy atom. The zero-order valence-corrected chi connectivity index (χ0v) is 12.0. The molecular weight excluding hydrogens is 252 g/mol. The van der Waals surface area contributed by atoms with E-state index in [4.69, 9.17) is 5.11 Å². The highest BCUT2D eigenvalue weighted by molar-refractivity contribution is 7.80. The summed E-state index contributed by atoms with van der Waals surface area (Å²) in [5.41, 5.74) is 0. The summed E-state index contributed by atoms with van der Waals surface area (Å²) in [5.74, 6) is -1.23. The Labute approximate surface area is 112 Å². The van der Waals surface area contributed by atoms with Crippen LogP contribution in [0.4, 0.5) is 0 Å². The second kappa shape index (κ2) is 11.7. The van der Waals surface area contributed by atoms with Crippen LogP contribution in [0, 0.1) is 0 Å². The molecule has 0 heterocycles. The van der Waals surface area contributed by atoms with Gasteiger partial charge < -0.3 is 9.66 Å². The molecule has 0 aromatic rings. The summed E-state index contributed by atoms with van der Waals surface area (Å²) in [6, 6.07) is 0. The molecular formula is C13H25O4S-. The van der Waals surface area contributed by atoms with Crippen molar-refractivity contribution in [2.45, 2.75) is 76.4 Å². The predicted octanol–water partition coefficient (Wildman–Crippen LogP) is 3.24. The van der Waals surface area contributed by atoms with Crippen molar-refractivity contribution in [1.29, 1.82) is 0 Å². The van der Waals surface area contributed by atoms with Crippen molar-refractivity contribution >= 4 is 17.0 Å². The summed E-state index contributed by atoms with van der Waals surface area (Å²) in [6.07, 6.45) is 10.4. The molecule has 0 aliphatic heterocycles. The van der Waals surface area contributed by atoms with Gasteiger partial charge in [0.15, 0.2) is 0 Å². The first kappa shape index (κ1) is 17.6. The largest absolute Gasteiger partial charge is 0.772 e. The van der Waals surface area contributed by atoms with Gasteiger partial charge in [-0.25, -0.2) is 0 Å². The van der Waals surface area contributed by atoms with Crippen LogP contribution in [-0.2, 0) is 15.9 Å². The van der Waals surface area contributed by atoms with E-state index in [2.05, 4.69) is 6.92 Å². The Kier molecular flexibility index (Phi) is 11.4. The van der Waals surface area contributed by atoms with Crippen molar-refractivity contribution in [3.05, 3.63) is 0 Å². The molecule has 2 atom stereocenters. The molecule has 0 fully saturated rings. The fraction of sp³-hybridized carbons (Fsp3) is 0.923. The summed E-state index contributed by atoms with van der Waals surface area (Å²) in [7, 11) is 0. The van der Waals surface area contributed by atoms with Gasteiger partial charge >= 0.3 is 5.97 Å². The highest BCUT2D eigenvalue weighted by atomic mass is 32.2. The Bertz CT molecular complexity index is 229. The first-order valence-corrected chi connectivity index (χ1v) is 8.04. The number of unbranched alkanes of at least 4 members (excludes halogenated alkanes) is 8. The molecule has 2 unspecified atom stereocenters. The zero-order chi connectivity index (χ0) is 13.8. The molecule has 0 saturated carbocycles. The van der Waals surface area contributed by atoms with Crippen molar-refractivity contribution in [3.8, 4) is 0 Å². The van der Waals surface area contributed by atoms with E-state index >= 15 is 0 Å². The van der Waals surface area contributed by atoms with Gasteiger partial charge in [0.1, 0.15) is 5.25 Å². The minimum absolute atomic E-state index is 0.237. The average Bonchev–Trinajstić information content (AvgIpc) is 2.30. The van der Waals surface area contributed by atoms with Gasteiger partial charge in [0, 0.05) is 0 Å². The van der Waals surface area contributed by atoms with E-state index in [-0.39, 0.29) is 6.42 Å². The van der Waals surface area contributed by atoms with Gasteiger partial charge in [0.25, 0.3) is 0 Å². The molecule has 0 amide bonds. The van der Waals surface area contributed by atoms with Crippen molar-refractivity contribution in [3.63, 3.8) is 0 Å². The lowest BCUT2D eigenvalue weighted by Crippen LogP contribution is -2.25. The smallest absolute Gasteiger partial charge is 0.318 e. The van der Waals surface area contributed by atoms with Crippen molar-refractivity contribution < 1.29 is 18.7 Å². The van der Waals surface area contributed by atoms with Crippen LogP contribution in [0.5, 0.6) is 0 Å². The monoisotopic (exact) mass is 277 g/mol. The molecule has 108 valence electrons. The maximum Gasteiger partial charge on any atom is 0.318 e. The zero-order valence-electron chi connectivity index (χ0n) is 11.2. The third-order valence-corrected chi connectivity index (χ3v) is 3.98. The van der Waals surface area contributed by atoms with Gasteiger partial charge in [-0.2, -0.15) is 0 Å². The highest BCUT2D eigenvalue weighted by Crippen LogP contribution is 2.12. The maximum atomic E-state index is 10.6. The molecule has 0 aliphatic carbocycles. The quantitative estimate of drug-likeness (QED) is 0.439. The number of hydrogen-bond donors (Lipinski definition) is 1. The third kappa shape index (κ3) is 9.59. The fourth-order valence-corrected chi connectivity index (χ4v) is 2.47. The summed E-state index contributed by atoms with van der Waals surface area (Å²) in [6.45, 7) is 2.19. The van der Waals surface area contributed by atoms with Crippen LogP contribution >= 0.6 is 0 Å². The van der Waals surface area contributed by atoms with E-state index in [0.717, 1.165) is 12.8 Å². The van der Waals surface area contributed by atoms with E-state index < -0.39 is 22.3 Å². The highest BCUT2D eigenvalue weighted by Gasteiger charge is 2.17. The molecule has 0 spiro atoms. The minimum Gasteiger partial charge on any atom is -0.772 e. The van der Waals surface area contributed by atoms with Gasteiger partial charge in [-0.15, -0.1) is 0 Å².